The number of carboxylic acids is 1. The maximum atomic E-state index is 11.9. The average Bonchev–Trinajstić information content (AvgIpc) is 2.46. The molecule has 1 aromatic rings. The molecule has 126 valence electrons. The van der Waals surface area contributed by atoms with Crippen molar-refractivity contribution in [3.8, 4) is 0 Å². The van der Waals surface area contributed by atoms with Gasteiger partial charge in [-0.2, -0.15) is 0 Å². The predicted molar refractivity (Wildman–Crippen MR) is 91.1 cm³/mol. The van der Waals surface area contributed by atoms with Crippen LogP contribution in [0.5, 0.6) is 0 Å². The fourth-order valence-electron chi connectivity index (χ4n) is 2.13. The minimum Gasteiger partial charge on any atom is -0.480 e. The topological polar surface area (TPSA) is 83.5 Å². The van der Waals surface area contributed by atoms with Crippen molar-refractivity contribution < 1.29 is 19.5 Å². The summed E-state index contributed by atoms with van der Waals surface area (Å²) in [6.07, 6.45) is 0.760. The molecular formula is C17H22BrNO4. The fourth-order valence-corrected chi connectivity index (χ4v) is 2.39. The van der Waals surface area contributed by atoms with Gasteiger partial charge in [0.2, 0.25) is 5.91 Å². The van der Waals surface area contributed by atoms with E-state index >= 15 is 0 Å². The molecule has 1 aromatic carbocycles. The number of halogens is 1. The SMILES string of the molecule is CC(C)C[C@H](NC(=O)CCC(=O)Cc1ccc(Br)cc1)C(=O)O. The lowest BCUT2D eigenvalue weighted by Gasteiger charge is -2.16. The molecule has 5 nitrogen and oxygen atoms in total. The van der Waals surface area contributed by atoms with Gasteiger partial charge in [0.1, 0.15) is 11.8 Å². The van der Waals surface area contributed by atoms with Crippen molar-refractivity contribution >= 4 is 33.6 Å². The minimum absolute atomic E-state index is 0.0111. The van der Waals surface area contributed by atoms with Crippen LogP contribution in [0.25, 0.3) is 0 Å². The van der Waals surface area contributed by atoms with Crippen LogP contribution in [-0.4, -0.2) is 28.8 Å². The Morgan fingerprint density at radius 2 is 1.74 bits per heavy atom. The van der Waals surface area contributed by atoms with Crippen molar-refractivity contribution in [3.05, 3.63) is 34.3 Å². The molecule has 0 aromatic heterocycles. The van der Waals surface area contributed by atoms with Crippen molar-refractivity contribution in [2.45, 2.75) is 45.6 Å². The standard InChI is InChI=1S/C17H22BrNO4/c1-11(2)9-15(17(22)23)19-16(21)8-7-14(20)10-12-3-5-13(18)6-4-12/h3-6,11,15H,7-10H2,1-2H3,(H,19,21)(H,22,23)/t15-/m0/s1. The second kappa shape index (κ2) is 9.45. The molecule has 0 aliphatic rings. The average molecular weight is 384 g/mol. The van der Waals surface area contributed by atoms with E-state index in [1.165, 1.54) is 0 Å². The van der Waals surface area contributed by atoms with Crippen LogP contribution >= 0.6 is 15.9 Å². The largest absolute Gasteiger partial charge is 0.480 e. The van der Waals surface area contributed by atoms with Gasteiger partial charge in [-0.05, 0) is 30.0 Å². The van der Waals surface area contributed by atoms with E-state index in [4.69, 9.17) is 5.11 Å². The van der Waals surface area contributed by atoms with Gasteiger partial charge < -0.3 is 10.4 Å². The van der Waals surface area contributed by atoms with Crippen LogP contribution in [0.1, 0.15) is 38.7 Å². The summed E-state index contributed by atoms with van der Waals surface area (Å²) in [5, 5.41) is 11.6. The van der Waals surface area contributed by atoms with E-state index in [9.17, 15) is 14.4 Å². The number of carbonyl (C=O) groups is 3. The van der Waals surface area contributed by atoms with Gasteiger partial charge >= 0.3 is 5.97 Å². The maximum absolute atomic E-state index is 11.9. The van der Waals surface area contributed by atoms with Crippen LogP contribution in [0.3, 0.4) is 0 Å². The Hall–Kier alpha value is -1.69. The van der Waals surface area contributed by atoms with Gasteiger partial charge in [-0.3, -0.25) is 9.59 Å². The molecule has 0 fully saturated rings. The molecule has 23 heavy (non-hydrogen) atoms. The van der Waals surface area contributed by atoms with E-state index in [-0.39, 0.29) is 31.0 Å². The Balaban J connectivity index is 2.40. The number of ketones is 1. The number of hydrogen-bond donors (Lipinski definition) is 2. The van der Waals surface area contributed by atoms with Crippen LogP contribution in [0, 0.1) is 5.92 Å². The summed E-state index contributed by atoms with van der Waals surface area (Å²) in [7, 11) is 0. The van der Waals surface area contributed by atoms with Gasteiger partial charge in [-0.15, -0.1) is 0 Å². The van der Waals surface area contributed by atoms with E-state index in [0.717, 1.165) is 10.0 Å². The first kappa shape index (κ1) is 19.4. The lowest BCUT2D eigenvalue weighted by Crippen LogP contribution is -2.41. The number of nitrogens with one attached hydrogen (secondary N) is 1. The van der Waals surface area contributed by atoms with Gasteiger partial charge in [0.05, 0.1) is 0 Å². The number of rotatable bonds is 9. The molecule has 0 saturated carbocycles. The Labute approximate surface area is 144 Å². The summed E-state index contributed by atoms with van der Waals surface area (Å²) in [5.74, 6) is -1.33. The van der Waals surface area contributed by atoms with Crippen molar-refractivity contribution in [2.24, 2.45) is 5.92 Å². The number of carboxylic acid groups (broad SMARTS) is 1. The molecule has 1 atom stereocenters. The highest BCUT2D eigenvalue weighted by atomic mass is 79.9. The Morgan fingerprint density at radius 3 is 2.26 bits per heavy atom. The molecule has 0 aliphatic heterocycles. The van der Waals surface area contributed by atoms with Crippen LogP contribution in [0.15, 0.2) is 28.7 Å². The Morgan fingerprint density at radius 1 is 1.13 bits per heavy atom. The van der Waals surface area contributed by atoms with E-state index in [2.05, 4.69) is 21.2 Å². The van der Waals surface area contributed by atoms with Gasteiger partial charge in [0.25, 0.3) is 0 Å². The van der Waals surface area contributed by atoms with E-state index in [1.54, 1.807) is 0 Å². The molecule has 0 saturated heterocycles. The first-order valence-electron chi connectivity index (χ1n) is 7.56. The highest BCUT2D eigenvalue weighted by molar-refractivity contribution is 9.10. The molecule has 0 bridgehead atoms. The van der Waals surface area contributed by atoms with Crippen LogP contribution in [-0.2, 0) is 20.8 Å². The molecule has 0 radical (unpaired) electrons. The molecule has 0 aliphatic carbocycles. The van der Waals surface area contributed by atoms with Crippen LogP contribution < -0.4 is 5.32 Å². The zero-order valence-electron chi connectivity index (χ0n) is 13.3. The van der Waals surface area contributed by atoms with Gasteiger partial charge in [0.15, 0.2) is 0 Å². The van der Waals surface area contributed by atoms with Crippen molar-refractivity contribution in [1.29, 1.82) is 0 Å². The number of aliphatic carboxylic acids is 1. The lowest BCUT2D eigenvalue weighted by molar-refractivity contribution is -0.142. The van der Waals surface area contributed by atoms with Gasteiger partial charge in [0, 0.05) is 23.7 Å². The molecule has 0 spiro atoms. The Kier molecular flexibility index (Phi) is 7.95. The predicted octanol–water partition coefficient (Wildman–Crippen LogP) is 2.96. The molecule has 2 N–H and O–H groups in total. The summed E-state index contributed by atoms with van der Waals surface area (Å²) in [4.78, 5) is 34.8. The summed E-state index contributed by atoms with van der Waals surface area (Å²) in [5.41, 5.74) is 0.891. The highest BCUT2D eigenvalue weighted by Crippen LogP contribution is 2.12. The van der Waals surface area contributed by atoms with Crippen LogP contribution in [0.4, 0.5) is 0 Å². The second-order valence-corrected chi connectivity index (χ2v) is 6.85. The molecule has 1 amide bonds. The first-order valence-corrected chi connectivity index (χ1v) is 8.35. The van der Waals surface area contributed by atoms with E-state index in [1.807, 2.05) is 38.1 Å². The van der Waals surface area contributed by atoms with Crippen molar-refractivity contribution in [3.63, 3.8) is 0 Å². The summed E-state index contributed by atoms with van der Waals surface area (Å²) in [6.45, 7) is 3.79. The summed E-state index contributed by atoms with van der Waals surface area (Å²) in [6, 6.07) is 6.53. The van der Waals surface area contributed by atoms with Gasteiger partial charge in [-0.1, -0.05) is 41.9 Å². The molecular weight excluding hydrogens is 362 g/mol. The zero-order valence-corrected chi connectivity index (χ0v) is 14.9. The normalized spacial score (nSPS) is 12.0. The number of hydrogen-bond acceptors (Lipinski definition) is 3. The lowest BCUT2D eigenvalue weighted by atomic mass is 10.0. The van der Waals surface area contributed by atoms with Crippen molar-refractivity contribution in [2.75, 3.05) is 0 Å². The fraction of sp³-hybridized carbons (Fsp3) is 0.471. The molecule has 1 rings (SSSR count). The molecule has 6 heteroatoms. The third-order valence-corrected chi connectivity index (χ3v) is 3.81. The maximum Gasteiger partial charge on any atom is 0.326 e. The van der Waals surface area contributed by atoms with E-state index in [0.29, 0.717) is 6.42 Å². The number of amides is 1. The van der Waals surface area contributed by atoms with Crippen molar-refractivity contribution in [1.82, 2.24) is 5.32 Å². The minimum atomic E-state index is -1.05. The first-order chi connectivity index (χ1) is 10.8. The molecule has 0 heterocycles. The number of benzene rings is 1. The number of Topliss-reactive ketones (excluding diaryl/α,β-unsaturated/α-hetero) is 1. The monoisotopic (exact) mass is 383 g/mol. The third kappa shape index (κ3) is 7.93. The third-order valence-electron chi connectivity index (χ3n) is 3.29. The van der Waals surface area contributed by atoms with E-state index < -0.39 is 17.9 Å². The second-order valence-electron chi connectivity index (χ2n) is 5.93. The summed E-state index contributed by atoms with van der Waals surface area (Å²) < 4.78 is 0.943. The van der Waals surface area contributed by atoms with Gasteiger partial charge in [-0.25, -0.2) is 4.79 Å². The zero-order chi connectivity index (χ0) is 17.4. The number of carbonyl (C=O) groups excluding carboxylic acids is 2. The summed E-state index contributed by atoms with van der Waals surface area (Å²) >= 11 is 3.33. The quantitative estimate of drug-likeness (QED) is 0.686. The smallest absolute Gasteiger partial charge is 0.326 e. The molecule has 0 unspecified atom stereocenters. The van der Waals surface area contributed by atoms with Crippen LogP contribution in [0.2, 0.25) is 0 Å². The Bertz CT molecular complexity index is 554. The highest BCUT2D eigenvalue weighted by Gasteiger charge is 2.21.